The molecule has 2 atom stereocenters. The van der Waals surface area contributed by atoms with E-state index in [0.29, 0.717) is 17.1 Å². The molecule has 7 heteroatoms. The molecule has 25 heavy (non-hydrogen) atoms. The highest BCUT2D eigenvalue weighted by Crippen LogP contribution is 2.64. The molecule has 2 aliphatic rings. The average Bonchev–Trinajstić information content (AvgIpc) is 3.12. The van der Waals surface area contributed by atoms with E-state index in [2.05, 4.69) is 0 Å². The van der Waals surface area contributed by atoms with Crippen LogP contribution in [0.25, 0.3) is 0 Å². The molecular weight excluding hydrogens is 340 g/mol. The van der Waals surface area contributed by atoms with Crippen LogP contribution in [0.3, 0.4) is 0 Å². The molecule has 0 saturated heterocycles. The number of ether oxygens (including phenoxy) is 2. The van der Waals surface area contributed by atoms with E-state index in [4.69, 9.17) is 9.47 Å². The molecule has 0 aromatic heterocycles. The summed E-state index contributed by atoms with van der Waals surface area (Å²) in [4.78, 5) is 0.109. The highest BCUT2D eigenvalue weighted by Gasteiger charge is 2.73. The van der Waals surface area contributed by atoms with Gasteiger partial charge in [0.25, 0.3) is 0 Å². The van der Waals surface area contributed by atoms with Gasteiger partial charge in [0.05, 0.1) is 17.0 Å². The zero-order chi connectivity index (χ0) is 17.7. The Morgan fingerprint density at radius 3 is 2.36 bits per heavy atom. The van der Waals surface area contributed by atoms with Gasteiger partial charge in [-0.15, -0.1) is 0 Å². The van der Waals surface area contributed by atoms with E-state index in [0.717, 1.165) is 0 Å². The fourth-order valence-corrected chi connectivity index (χ4v) is 5.60. The lowest BCUT2D eigenvalue weighted by molar-refractivity contribution is 0.174. The zero-order valence-corrected chi connectivity index (χ0v) is 13.7. The Labute approximate surface area is 144 Å². The molecular formula is C18H12N2O4S. The number of nitriles is 2. The van der Waals surface area contributed by atoms with Gasteiger partial charge in [0.1, 0.15) is 5.25 Å². The summed E-state index contributed by atoms with van der Waals surface area (Å²) in [6, 6.07) is 16.8. The molecule has 4 rings (SSSR count). The molecule has 6 nitrogen and oxygen atoms in total. The summed E-state index contributed by atoms with van der Waals surface area (Å²) in [5, 5.41) is 18.0. The molecule has 1 heterocycles. The standard InChI is InChI=1S/C18H12N2O4S/c19-9-18(10-20)16(12-6-7-14-15(8-12)24-11-23-14)17(18)25(21,22)13-4-2-1-3-5-13/h1-8,16-17H,11H2. The van der Waals surface area contributed by atoms with E-state index < -0.39 is 26.4 Å². The quantitative estimate of drug-likeness (QED) is 0.841. The van der Waals surface area contributed by atoms with Crippen LogP contribution in [0.4, 0.5) is 0 Å². The Bertz CT molecular complexity index is 1020. The lowest BCUT2D eigenvalue weighted by atomic mass is 10.0. The van der Waals surface area contributed by atoms with Crippen molar-refractivity contribution in [2.45, 2.75) is 16.1 Å². The van der Waals surface area contributed by atoms with Crippen molar-refractivity contribution in [3.8, 4) is 23.6 Å². The van der Waals surface area contributed by atoms with Gasteiger partial charge < -0.3 is 9.47 Å². The fourth-order valence-electron chi connectivity index (χ4n) is 3.37. The summed E-state index contributed by atoms with van der Waals surface area (Å²) < 4.78 is 36.5. The van der Waals surface area contributed by atoms with Crippen molar-refractivity contribution in [1.29, 1.82) is 10.5 Å². The maximum absolute atomic E-state index is 13.0. The third kappa shape index (κ3) is 2.10. The van der Waals surface area contributed by atoms with E-state index in [9.17, 15) is 18.9 Å². The van der Waals surface area contributed by atoms with Crippen LogP contribution < -0.4 is 9.47 Å². The van der Waals surface area contributed by atoms with Gasteiger partial charge in [0, 0.05) is 5.92 Å². The minimum absolute atomic E-state index is 0.0941. The Morgan fingerprint density at radius 1 is 1.00 bits per heavy atom. The molecule has 1 fully saturated rings. The van der Waals surface area contributed by atoms with Crippen molar-refractivity contribution in [2.24, 2.45) is 5.41 Å². The van der Waals surface area contributed by atoms with Crippen molar-refractivity contribution in [1.82, 2.24) is 0 Å². The first kappa shape index (κ1) is 15.5. The molecule has 0 amide bonds. The number of hydrogen-bond acceptors (Lipinski definition) is 6. The Hall–Kier alpha value is -3.03. The number of hydrogen-bond donors (Lipinski definition) is 0. The second kappa shape index (κ2) is 5.23. The van der Waals surface area contributed by atoms with E-state index in [1.54, 1.807) is 36.4 Å². The number of sulfone groups is 1. The molecule has 1 aliphatic heterocycles. The van der Waals surface area contributed by atoms with Gasteiger partial charge in [-0.05, 0) is 29.8 Å². The van der Waals surface area contributed by atoms with Gasteiger partial charge in [0.15, 0.2) is 26.8 Å². The molecule has 124 valence electrons. The van der Waals surface area contributed by atoms with E-state index >= 15 is 0 Å². The number of rotatable bonds is 3. The van der Waals surface area contributed by atoms with Crippen LogP contribution in [-0.4, -0.2) is 20.5 Å². The van der Waals surface area contributed by atoms with Crippen LogP contribution in [0.2, 0.25) is 0 Å². The van der Waals surface area contributed by atoms with Crippen molar-refractivity contribution >= 4 is 9.84 Å². The summed E-state index contributed by atoms with van der Waals surface area (Å²) in [5.41, 5.74) is -1.03. The summed E-state index contributed by atoms with van der Waals surface area (Å²) >= 11 is 0. The molecule has 1 saturated carbocycles. The Kier molecular flexibility index (Phi) is 3.24. The van der Waals surface area contributed by atoms with Crippen LogP contribution in [0.5, 0.6) is 11.5 Å². The van der Waals surface area contributed by atoms with Crippen LogP contribution >= 0.6 is 0 Å². The van der Waals surface area contributed by atoms with Crippen LogP contribution in [-0.2, 0) is 9.84 Å². The number of nitrogens with zero attached hydrogens (tertiary/aromatic N) is 2. The van der Waals surface area contributed by atoms with Crippen LogP contribution in [0.1, 0.15) is 11.5 Å². The maximum atomic E-state index is 13.0. The maximum Gasteiger partial charge on any atom is 0.231 e. The average molecular weight is 352 g/mol. The minimum Gasteiger partial charge on any atom is -0.454 e. The number of fused-ring (bicyclic) bond motifs is 1. The lowest BCUT2D eigenvalue weighted by Crippen LogP contribution is -2.14. The van der Waals surface area contributed by atoms with Crippen molar-refractivity contribution < 1.29 is 17.9 Å². The topological polar surface area (TPSA) is 100 Å². The van der Waals surface area contributed by atoms with Crippen LogP contribution in [0, 0.1) is 28.1 Å². The molecule has 0 bridgehead atoms. The molecule has 2 aromatic rings. The summed E-state index contributed by atoms with van der Waals surface area (Å²) in [7, 11) is -3.83. The molecule has 2 aromatic carbocycles. The first-order chi connectivity index (χ1) is 12.0. The van der Waals surface area contributed by atoms with Gasteiger partial charge in [-0.1, -0.05) is 24.3 Å². The highest BCUT2D eigenvalue weighted by molar-refractivity contribution is 7.92. The first-order valence-electron chi connectivity index (χ1n) is 7.55. The Morgan fingerprint density at radius 2 is 1.68 bits per heavy atom. The summed E-state index contributed by atoms with van der Waals surface area (Å²) in [6.45, 7) is 0.0941. The minimum atomic E-state index is -3.83. The second-order valence-electron chi connectivity index (χ2n) is 5.96. The predicted molar refractivity (Wildman–Crippen MR) is 86.4 cm³/mol. The van der Waals surface area contributed by atoms with E-state index in [-0.39, 0.29) is 11.7 Å². The van der Waals surface area contributed by atoms with Gasteiger partial charge in [-0.3, -0.25) is 0 Å². The summed E-state index contributed by atoms with van der Waals surface area (Å²) in [6.07, 6.45) is 0. The van der Waals surface area contributed by atoms with E-state index in [1.165, 1.54) is 12.1 Å². The van der Waals surface area contributed by atoms with Crippen molar-refractivity contribution in [3.63, 3.8) is 0 Å². The molecule has 1 aliphatic carbocycles. The predicted octanol–water partition coefficient (Wildman–Crippen LogP) is 2.39. The highest BCUT2D eigenvalue weighted by atomic mass is 32.2. The summed E-state index contributed by atoms with van der Waals surface area (Å²) in [5.74, 6) is 0.318. The fraction of sp³-hybridized carbons (Fsp3) is 0.222. The molecule has 0 N–H and O–H groups in total. The molecule has 0 radical (unpaired) electrons. The van der Waals surface area contributed by atoms with Gasteiger partial charge in [0.2, 0.25) is 6.79 Å². The monoisotopic (exact) mass is 352 g/mol. The molecule has 0 spiro atoms. The largest absolute Gasteiger partial charge is 0.454 e. The normalized spacial score (nSPS) is 22.6. The van der Waals surface area contributed by atoms with Gasteiger partial charge in [-0.25, -0.2) is 8.42 Å². The third-order valence-electron chi connectivity index (χ3n) is 4.66. The Balaban J connectivity index is 1.80. The number of benzene rings is 2. The van der Waals surface area contributed by atoms with Crippen LogP contribution in [0.15, 0.2) is 53.4 Å². The van der Waals surface area contributed by atoms with Crippen molar-refractivity contribution in [2.75, 3.05) is 6.79 Å². The van der Waals surface area contributed by atoms with Gasteiger partial charge in [-0.2, -0.15) is 10.5 Å². The zero-order valence-electron chi connectivity index (χ0n) is 12.9. The SMILES string of the molecule is N#CC1(C#N)C(c2ccc3c(c2)OCO3)C1S(=O)(=O)c1ccccc1. The smallest absolute Gasteiger partial charge is 0.231 e. The van der Waals surface area contributed by atoms with Crippen molar-refractivity contribution in [3.05, 3.63) is 54.1 Å². The lowest BCUT2D eigenvalue weighted by Gasteiger charge is -2.04. The van der Waals surface area contributed by atoms with Gasteiger partial charge >= 0.3 is 0 Å². The first-order valence-corrected chi connectivity index (χ1v) is 9.10. The second-order valence-corrected chi connectivity index (χ2v) is 8.03. The molecule has 2 unspecified atom stereocenters. The third-order valence-corrected chi connectivity index (χ3v) is 6.91. The van der Waals surface area contributed by atoms with E-state index in [1.807, 2.05) is 12.1 Å².